The molecule has 1 unspecified atom stereocenters. The van der Waals surface area contributed by atoms with Gasteiger partial charge in [-0.2, -0.15) is 13.2 Å². The standard InChI is InChI=1S/C26H28F3N5O3/c1-33(2)13-12-21(17-7-5-4-6-8-17)37-24-10-9-23(31-32-24)30-25(35)34-14-11-18-15-22(36-3)19(16-20(18)34)26(27,28)29/h4-10,15-16,21H,11-14H2,1-3H3,(H,30,31,35). The Bertz CT molecular complexity index is 1220. The van der Waals surface area contributed by atoms with Gasteiger partial charge in [0.05, 0.1) is 12.7 Å². The number of alkyl halides is 3. The molecule has 196 valence electrons. The van der Waals surface area contributed by atoms with E-state index in [1.807, 2.05) is 44.4 Å². The number of rotatable bonds is 8. The number of benzene rings is 2. The number of carbonyl (C=O) groups is 1. The Kier molecular flexibility index (Phi) is 7.82. The van der Waals surface area contributed by atoms with Crippen LogP contribution in [-0.4, -0.2) is 55.4 Å². The van der Waals surface area contributed by atoms with Gasteiger partial charge in [-0.3, -0.25) is 10.2 Å². The van der Waals surface area contributed by atoms with Gasteiger partial charge in [-0.05, 0) is 49.8 Å². The number of hydrogen-bond donors (Lipinski definition) is 1. The first-order chi connectivity index (χ1) is 17.7. The number of fused-ring (bicyclic) bond motifs is 1. The molecule has 2 amide bonds. The summed E-state index contributed by atoms with van der Waals surface area (Å²) in [6, 6.07) is 14.6. The number of nitrogens with zero attached hydrogens (tertiary/aromatic N) is 4. The fourth-order valence-electron chi connectivity index (χ4n) is 4.13. The lowest BCUT2D eigenvalue weighted by Gasteiger charge is -2.21. The van der Waals surface area contributed by atoms with E-state index in [1.165, 1.54) is 18.1 Å². The second-order valence-electron chi connectivity index (χ2n) is 8.88. The predicted molar refractivity (Wildman–Crippen MR) is 133 cm³/mol. The monoisotopic (exact) mass is 515 g/mol. The molecule has 1 aromatic heterocycles. The zero-order valence-electron chi connectivity index (χ0n) is 20.7. The van der Waals surface area contributed by atoms with Crippen LogP contribution < -0.4 is 19.7 Å². The van der Waals surface area contributed by atoms with Crippen molar-refractivity contribution in [2.45, 2.75) is 25.1 Å². The van der Waals surface area contributed by atoms with E-state index in [-0.39, 0.29) is 29.9 Å². The fourth-order valence-corrected chi connectivity index (χ4v) is 4.13. The number of halogens is 3. The summed E-state index contributed by atoms with van der Waals surface area (Å²) in [5.41, 5.74) is 0.854. The van der Waals surface area contributed by atoms with E-state index >= 15 is 0 Å². The number of nitrogens with one attached hydrogen (secondary N) is 1. The lowest BCUT2D eigenvalue weighted by molar-refractivity contribution is -0.138. The molecular formula is C26H28F3N5O3. The van der Waals surface area contributed by atoms with Crippen LogP contribution in [0.3, 0.4) is 0 Å². The minimum absolute atomic E-state index is 0.153. The summed E-state index contributed by atoms with van der Waals surface area (Å²) in [5.74, 6) is 0.174. The summed E-state index contributed by atoms with van der Waals surface area (Å²) < 4.78 is 51.4. The van der Waals surface area contributed by atoms with Crippen LogP contribution in [0.25, 0.3) is 0 Å². The normalized spacial score (nSPS) is 13.9. The largest absolute Gasteiger partial charge is 0.496 e. The smallest absolute Gasteiger partial charge is 0.420 e. The van der Waals surface area contributed by atoms with Crippen LogP contribution in [0.4, 0.5) is 29.5 Å². The van der Waals surface area contributed by atoms with Crippen molar-refractivity contribution in [1.82, 2.24) is 15.1 Å². The van der Waals surface area contributed by atoms with Gasteiger partial charge in [0.2, 0.25) is 5.88 Å². The lowest BCUT2D eigenvalue weighted by Crippen LogP contribution is -2.33. The first-order valence-corrected chi connectivity index (χ1v) is 11.7. The van der Waals surface area contributed by atoms with Gasteiger partial charge < -0.3 is 14.4 Å². The molecule has 0 fully saturated rings. The number of ether oxygens (including phenoxy) is 2. The lowest BCUT2D eigenvalue weighted by atomic mass is 10.1. The van der Waals surface area contributed by atoms with Crippen LogP contribution in [-0.2, 0) is 12.6 Å². The van der Waals surface area contributed by atoms with E-state index in [4.69, 9.17) is 9.47 Å². The molecule has 8 nitrogen and oxygen atoms in total. The van der Waals surface area contributed by atoms with Crippen molar-refractivity contribution in [2.75, 3.05) is 44.5 Å². The number of methoxy groups -OCH3 is 1. The number of anilines is 2. The van der Waals surface area contributed by atoms with Crippen molar-refractivity contribution in [1.29, 1.82) is 0 Å². The molecule has 11 heteroatoms. The van der Waals surface area contributed by atoms with Crippen LogP contribution >= 0.6 is 0 Å². The molecule has 0 radical (unpaired) electrons. The SMILES string of the molecule is COc1cc2c(cc1C(F)(F)F)N(C(=O)Nc1ccc(OC(CCN(C)C)c3ccccc3)nn1)CC2. The minimum atomic E-state index is -4.61. The van der Waals surface area contributed by atoms with Crippen LogP contribution in [0.5, 0.6) is 11.6 Å². The zero-order valence-corrected chi connectivity index (χ0v) is 20.7. The summed E-state index contributed by atoms with van der Waals surface area (Å²) in [4.78, 5) is 16.2. The summed E-state index contributed by atoms with van der Waals surface area (Å²) in [6.07, 6.45) is -3.71. The number of aromatic nitrogens is 2. The van der Waals surface area contributed by atoms with Gasteiger partial charge in [0.1, 0.15) is 11.9 Å². The van der Waals surface area contributed by atoms with Crippen LogP contribution in [0, 0.1) is 0 Å². The molecule has 0 aliphatic carbocycles. The van der Waals surface area contributed by atoms with Gasteiger partial charge in [-0.15, -0.1) is 10.2 Å². The van der Waals surface area contributed by atoms with Crippen molar-refractivity contribution in [2.24, 2.45) is 0 Å². The highest BCUT2D eigenvalue weighted by Gasteiger charge is 2.37. The van der Waals surface area contributed by atoms with Gasteiger partial charge in [0.25, 0.3) is 0 Å². The molecule has 0 saturated heterocycles. The van der Waals surface area contributed by atoms with Gasteiger partial charge >= 0.3 is 12.2 Å². The number of urea groups is 1. The van der Waals surface area contributed by atoms with Crippen molar-refractivity contribution >= 4 is 17.5 Å². The molecule has 37 heavy (non-hydrogen) atoms. The molecule has 1 N–H and O–H groups in total. The molecule has 1 aliphatic heterocycles. The molecule has 1 aliphatic rings. The quantitative estimate of drug-likeness (QED) is 0.446. The Morgan fingerprint density at radius 2 is 1.89 bits per heavy atom. The summed E-state index contributed by atoms with van der Waals surface area (Å²) in [7, 11) is 5.16. The molecule has 1 atom stereocenters. The highest BCUT2D eigenvalue weighted by Crippen LogP contribution is 2.42. The van der Waals surface area contributed by atoms with E-state index in [1.54, 1.807) is 12.1 Å². The third kappa shape index (κ3) is 6.29. The first-order valence-electron chi connectivity index (χ1n) is 11.7. The second-order valence-corrected chi connectivity index (χ2v) is 8.88. The van der Waals surface area contributed by atoms with Crippen LogP contribution in [0.2, 0.25) is 0 Å². The predicted octanol–water partition coefficient (Wildman–Crippen LogP) is 5.17. The molecule has 2 aromatic carbocycles. The Balaban J connectivity index is 1.46. The van der Waals surface area contributed by atoms with E-state index in [2.05, 4.69) is 20.4 Å². The number of amides is 2. The van der Waals surface area contributed by atoms with Gasteiger partial charge in [-0.25, -0.2) is 4.79 Å². The minimum Gasteiger partial charge on any atom is -0.496 e. The second kappa shape index (κ2) is 11.0. The van der Waals surface area contributed by atoms with Crippen molar-refractivity contribution in [3.05, 3.63) is 71.3 Å². The van der Waals surface area contributed by atoms with Crippen molar-refractivity contribution < 1.29 is 27.4 Å². The molecule has 0 spiro atoms. The molecule has 4 rings (SSSR count). The first kappa shape index (κ1) is 26.2. The van der Waals surface area contributed by atoms with Gasteiger partial charge in [0, 0.05) is 31.3 Å². The van der Waals surface area contributed by atoms with Crippen LogP contribution in [0.15, 0.2) is 54.6 Å². The number of hydrogen-bond acceptors (Lipinski definition) is 6. The maximum absolute atomic E-state index is 13.5. The molecule has 0 saturated carbocycles. The average Bonchev–Trinajstić information content (AvgIpc) is 3.30. The molecular weight excluding hydrogens is 487 g/mol. The van der Waals surface area contributed by atoms with Gasteiger partial charge in [-0.1, -0.05) is 30.3 Å². The topological polar surface area (TPSA) is 79.8 Å². The molecule has 3 aromatic rings. The Morgan fingerprint density at radius 3 is 2.51 bits per heavy atom. The van der Waals surface area contributed by atoms with E-state index in [9.17, 15) is 18.0 Å². The zero-order chi connectivity index (χ0) is 26.6. The summed E-state index contributed by atoms with van der Waals surface area (Å²) >= 11 is 0. The van der Waals surface area contributed by atoms with E-state index < -0.39 is 17.8 Å². The van der Waals surface area contributed by atoms with Crippen LogP contribution in [0.1, 0.15) is 29.2 Å². The maximum atomic E-state index is 13.5. The van der Waals surface area contributed by atoms with E-state index in [0.717, 1.165) is 24.6 Å². The Labute approximate surface area is 213 Å². The highest BCUT2D eigenvalue weighted by molar-refractivity contribution is 6.02. The van der Waals surface area contributed by atoms with Crippen molar-refractivity contribution in [3.8, 4) is 11.6 Å². The summed E-state index contributed by atoms with van der Waals surface area (Å²) in [6.45, 7) is 1.03. The number of carbonyl (C=O) groups excluding carboxylic acids is 1. The summed E-state index contributed by atoms with van der Waals surface area (Å²) in [5, 5.41) is 10.7. The van der Waals surface area contributed by atoms with Crippen molar-refractivity contribution in [3.63, 3.8) is 0 Å². The van der Waals surface area contributed by atoms with Gasteiger partial charge in [0.15, 0.2) is 5.82 Å². The Morgan fingerprint density at radius 1 is 1.14 bits per heavy atom. The highest BCUT2D eigenvalue weighted by atomic mass is 19.4. The van der Waals surface area contributed by atoms with E-state index in [0.29, 0.717) is 17.9 Å². The maximum Gasteiger partial charge on any atom is 0.420 e. The molecule has 2 heterocycles. The third-order valence-electron chi connectivity index (χ3n) is 5.99. The average molecular weight is 516 g/mol. The fraction of sp³-hybridized carbons (Fsp3) is 0.346. The molecule has 0 bridgehead atoms. The third-order valence-corrected chi connectivity index (χ3v) is 5.99. The Hall–Kier alpha value is -3.86.